The lowest BCUT2D eigenvalue weighted by atomic mass is 9.84. The Kier molecular flexibility index (Phi) is 4.23. The molecule has 0 spiro atoms. The third-order valence-corrected chi connectivity index (χ3v) is 2.79. The molecule has 0 bridgehead atoms. The molecule has 0 aliphatic heterocycles. The first-order chi connectivity index (χ1) is 8.00. The lowest BCUT2D eigenvalue weighted by molar-refractivity contribution is 0.210. The van der Waals surface area contributed by atoms with Crippen molar-refractivity contribution in [2.45, 2.75) is 19.3 Å². The number of hydrogen-bond donors (Lipinski definition) is 1. The van der Waals surface area contributed by atoms with E-state index in [0.29, 0.717) is 17.2 Å². The molecule has 0 aromatic heterocycles. The van der Waals surface area contributed by atoms with E-state index in [1.807, 2.05) is 13.8 Å². The van der Waals surface area contributed by atoms with Crippen LogP contribution in [0.25, 0.3) is 0 Å². The molecule has 17 heavy (non-hydrogen) atoms. The average molecular weight is 240 g/mol. The summed E-state index contributed by atoms with van der Waals surface area (Å²) in [6.07, 6.45) is 0. The van der Waals surface area contributed by atoms with E-state index >= 15 is 0 Å². The number of benzene rings is 1. The van der Waals surface area contributed by atoms with Crippen LogP contribution in [0.4, 0.5) is 0 Å². The number of rotatable bonds is 5. The van der Waals surface area contributed by atoms with Crippen LogP contribution in [0, 0.1) is 0 Å². The fourth-order valence-corrected chi connectivity index (χ4v) is 1.75. The van der Waals surface area contributed by atoms with E-state index in [9.17, 15) is 5.11 Å². The predicted octanol–water partition coefficient (Wildman–Crippen LogP) is 1.98. The first-order valence-electron chi connectivity index (χ1n) is 5.41. The third-order valence-electron chi connectivity index (χ3n) is 2.79. The van der Waals surface area contributed by atoms with Gasteiger partial charge in [0.1, 0.15) is 17.2 Å². The molecule has 0 saturated carbocycles. The summed E-state index contributed by atoms with van der Waals surface area (Å²) in [6.45, 7) is 3.87. The van der Waals surface area contributed by atoms with Crippen molar-refractivity contribution in [3.8, 4) is 17.2 Å². The van der Waals surface area contributed by atoms with Gasteiger partial charge in [-0.2, -0.15) is 0 Å². The van der Waals surface area contributed by atoms with Crippen molar-refractivity contribution in [2.75, 3.05) is 27.9 Å². The predicted molar refractivity (Wildman–Crippen MR) is 66.2 cm³/mol. The molecule has 0 unspecified atom stereocenters. The summed E-state index contributed by atoms with van der Waals surface area (Å²) in [5.74, 6) is 1.97. The second kappa shape index (κ2) is 5.27. The van der Waals surface area contributed by atoms with Crippen molar-refractivity contribution in [3.05, 3.63) is 17.7 Å². The summed E-state index contributed by atoms with van der Waals surface area (Å²) in [7, 11) is 4.77. The molecular weight excluding hydrogens is 220 g/mol. The summed E-state index contributed by atoms with van der Waals surface area (Å²) < 4.78 is 15.9. The first kappa shape index (κ1) is 13.6. The molecule has 0 aliphatic rings. The molecule has 4 nitrogen and oxygen atoms in total. The molecule has 1 N–H and O–H groups in total. The normalized spacial score (nSPS) is 11.2. The maximum atomic E-state index is 9.47. The number of hydrogen-bond acceptors (Lipinski definition) is 4. The monoisotopic (exact) mass is 240 g/mol. The zero-order valence-corrected chi connectivity index (χ0v) is 11.0. The average Bonchev–Trinajstić information content (AvgIpc) is 2.36. The summed E-state index contributed by atoms with van der Waals surface area (Å²) in [5, 5.41) is 9.47. The minimum absolute atomic E-state index is 0.00600. The molecule has 1 rings (SSSR count). The van der Waals surface area contributed by atoms with E-state index in [0.717, 1.165) is 5.56 Å². The third kappa shape index (κ3) is 2.64. The lowest BCUT2D eigenvalue weighted by Crippen LogP contribution is -2.23. The fraction of sp³-hybridized carbons (Fsp3) is 0.538. The minimum Gasteiger partial charge on any atom is -0.496 e. The van der Waals surface area contributed by atoms with Gasteiger partial charge >= 0.3 is 0 Å². The fourth-order valence-electron chi connectivity index (χ4n) is 1.75. The Hall–Kier alpha value is -1.42. The Morgan fingerprint density at radius 1 is 1.00 bits per heavy atom. The SMILES string of the molecule is COc1cc(OC)c(C(C)(C)CO)c(OC)c1. The Balaban J connectivity index is 3.45. The Morgan fingerprint density at radius 3 is 1.76 bits per heavy atom. The van der Waals surface area contributed by atoms with Gasteiger partial charge < -0.3 is 19.3 Å². The van der Waals surface area contributed by atoms with Crippen LogP contribution in [0.15, 0.2) is 12.1 Å². The maximum absolute atomic E-state index is 9.47. The van der Waals surface area contributed by atoms with Crippen LogP contribution >= 0.6 is 0 Å². The first-order valence-corrected chi connectivity index (χ1v) is 5.41. The molecule has 4 heteroatoms. The van der Waals surface area contributed by atoms with Gasteiger partial charge in [0, 0.05) is 23.1 Å². The van der Waals surface area contributed by atoms with Gasteiger partial charge in [0.2, 0.25) is 0 Å². The molecule has 0 amide bonds. The molecule has 0 radical (unpaired) electrons. The highest BCUT2D eigenvalue weighted by Gasteiger charge is 2.28. The van der Waals surface area contributed by atoms with Gasteiger partial charge in [-0.1, -0.05) is 13.8 Å². The van der Waals surface area contributed by atoms with E-state index < -0.39 is 5.41 Å². The van der Waals surface area contributed by atoms with Gasteiger partial charge in [-0.15, -0.1) is 0 Å². The molecule has 0 atom stereocenters. The zero-order valence-electron chi connectivity index (χ0n) is 11.0. The summed E-state index contributed by atoms with van der Waals surface area (Å²) in [6, 6.07) is 3.57. The zero-order chi connectivity index (χ0) is 13.1. The summed E-state index contributed by atoms with van der Waals surface area (Å²) in [5.41, 5.74) is 0.397. The Bertz CT molecular complexity index is 360. The lowest BCUT2D eigenvalue weighted by Gasteiger charge is -2.27. The van der Waals surface area contributed by atoms with E-state index in [4.69, 9.17) is 14.2 Å². The molecule has 0 fully saturated rings. The van der Waals surface area contributed by atoms with Crippen molar-refractivity contribution in [2.24, 2.45) is 0 Å². The summed E-state index contributed by atoms with van der Waals surface area (Å²) in [4.78, 5) is 0. The molecule has 1 aromatic rings. The van der Waals surface area contributed by atoms with Crippen molar-refractivity contribution < 1.29 is 19.3 Å². The quantitative estimate of drug-likeness (QED) is 0.855. The van der Waals surface area contributed by atoms with E-state index in [1.165, 1.54) is 0 Å². The highest BCUT2D eigenvalue weighted by molar-refractivity contribution is 5.54. The number of aliphatic hydroxyl groups excluding tert-OH is 1. The highest BCUT2D eigenvalue weighted by atomic mass is 16.5. The van der Waals surface area contributed by atoms with Crippen LogP contribution in [-0.4, -0.2) is 33.0 Å². The highest BCUT2D eigenvalue weighted by Crippen LogP contribution is 2.41. The largest absolute Gasteiger partial charge is 0.496 e. The van der Waals surface area contributed by atoms with Crippen LogP contribution < -0.4 is 14.2 Å². The molecule has 96 valence electrons. The Morgan fingerprint density at radius 2 is 1.47 bits per heavy atom. The van der Waals surface area contributed by atoms with Crippen LogP contribution in [0.5, 0.6) is 17.2 Å². The molecular formula is C13H20O4. The van der Waals surface area contributed by atoms with Gasteiger partial charge in [0.05, 0.1) is 27.9 Å². The van der Waals surface area contributed by atoms with Gasteiger partial charge in [-0.3, -0.25) is 0 Å². The topological polar surface area (TPSA) is 47.9 Å². The second-order valence-electron chi connectivity index (χ2n) is 4.45. The molecule has 1 aromatic carbocycles. The number of ether oxygens (including phenoxy) is 3. The van der Waals surface area contributed by atoms with Crippen molar-refractivity contribution in [1.82, 2.24) is 0 Å². The van der Waals surface area contributed by atoms with Gasteiger partial charge in [-0.25, -0.2) is 0 Å². The van der Waals surface area contributed by atoms with E-state index in [-0.39, 0.29) is 6.61 Å². The van der Waals surface area contributed by atoms with Gasteiger partial charge in [0.15, 0.2) is 0 Å². The number of aliphatic hydroxyl groups is 1. The van der Waals surface area contributed by atoms with Crippen LogP contribution in [0.2, 0.25) is 0 Å². The molecule has 0 saturated heterocycles. The van der Waals surface area contributed by atoms with Crippen molar-refractivity contribution >= 4 is 0 Å². The van der Waals surface area contributed by atoms with E-state index in [2.05, 4.69) is 0 Å². The smallest absolute Gasteiger partial charge is 0.130 e. The minimum atomic E-state index is -0.442. The van der Waals surface area contributed by atoms with Gasteiger partial charge in [0.25, 0.3) is 0 Å². The Labute approximate surface area is 102 Å². The van der Waals surface area contributed by atoms with Crippen molar-refractivity contribution in [3.63, 3.8) is 0 Å². The molecule has 0 heterocycles. The second-order valence-corrected chi connectivity index (χ2v) is 4.45. The van der Waals surface area contributed by atoms with Crippen LogP contribution in [-0.2, 0) is 5.41 Å². The van der Waals surface area contributed by atoms with Crippen LogP contribution in [0.3, 0.4) is 0 Å². The van der Waals surface area contributed by atoms with Crippen LogP contribution in [0.1, 0.15) is 19.4 Å². The van der Waals surface area contributed by atoms with E-state index in [1.54, 1.807) is 33.5 Å². The maximum Gasteiger partial charge on any atom is 0.130 e. The van der Waals surface area contributed by atoms with Gasteiger partial charge in [-0.05, 0) is 0 Å². The number of methoxy groups -OCH3 is 3. The standard InChI is InChI=1S/C13H20O4/c1-13(2,8-14)12-10(16-4)6-9(15-3)7-11(12)17-5/h6-7,14H,8H2,1-5H3. The van der Waals surface area contributed by atoms with Crippen molar-refractivity contribution in [1.29, 1.82) is 0 Å². The summed E-state index contributed by atoms with van der Waals surface area (Å²) >= 11 is 0. The molecule has 0 aliphatic carbocycles.